The summed E-state index contributed by atoms with van der Waals surface area (Å²) in [7, 11) is 0. The molecule has 4 bridgehead atoms. The number of carboxylic acid groups (broad SMARTS) is 1. The molecule has 4 rings (SSSR count). The van der Waals surface area contributed by atoms with Crippen LogP contribution in [0.5, 0.6) is 0 Å². The molecule has 1 amide bonds. The Morgan fingerprint density at radius 2 is 1.28 bits per heavy atom. The van der Waals surface area contributed by atoms with Gasteiger partial charge in [-0.05, 0) is 76.0 Å². The zero-order chi connectivity index (χ0) is 12.4. The minimum absolute atomic E-state index is 0.0374. The van der Waals surface area contributed by atoms with Crippen molar-refractivity contribution in [1.29, 1.82) is 0 Å². The number of hydrogen-bond donors (Lipinski definition) is 1. The summed E-state index contributed by atoms with van der Waals surface area (Å²) in [6.07, 6.45) is 11.3. The molecule has 0 unspecified atom stereocenters. The largest absolute Gasteiger partial charge is 0.465 e. The molecule has 0 aromatic heterocycles. The Morgan fingerprint density at radius 1 is 0.889 bits per heavy atom. The monoisotopic (exact) mass is 249 g/mol. The average Bonchev–Trinajstić information content (AvgIpc) is 3.07. The van der Waals surface area contributed by atoms with E-state index in [0.29, 0.717) is 0 Å². The first-order chi connectivity index (χ1) is 8.64. The third-order valence-electron chi connectivity index (χ3n) is 6.55. The van der Waals surface area contributed by atoms with Gasteiger partial charge < -0.3 is 5.11 Å². The van der Waals surface area contributed by atoms with Crippen LogP contribution in [0.3, 0.4) is 0 Å². The lowest BCUT2D eigenvalue weighted by atomic mass is 9.83. The van der Waals surface area contributed by atoms with E-state index in [1.54, 1.807) is 0 Å². The van der Waals surface area contributed by atoms with Crippen LogP contribution in [0.1, 0.15) is 64.2 Å². The summed E-state index contributed by atoms with van der Waals surface area (Å²) in [6.45, 7) is 0. The van der Waals surface area contributed by atoms with Gasteiger partial charge in [-0.25, -0.2) is 4.79 Å². The molecule has 0 spiro atoms. The quantitative estimate of drug-likeness (QED) is 0.811. The molecule has 0 radical (unpaired) electrons. The third-order valence-corrected chi connectivity index (χ3v) is 6.55. The van der Waals surface area contributed by atoms with Crippen LogP contribution in [-0.2, 0) is 0 Å². The summed E-state index contributed by atoms with van der Waals surface area (Å²) >= 11 is 0. The van der Waals surface area contributed by atoms with Crippen molar-refractivity contribution >= 4 is 6.09 Å². The van der Waals surface area contributed by atoms with Gasteiger partial charge in [-0.15, -0.1) is 0 Å². The van der Waals surface area contributed by atoms with Gasteiger partial charge in [-0.2, -0.15) is 0 Å². The first kappa shape index (κ1) is 11.1. The Kier molecular flexibility index (Phi) is 2.12. The SMILES string of the molecule is O=C(O)N(C12CCC(CC1)C2)C12CCC(CC1)C2. The van der Waals surface area contributed by atoms with Crippen molar-refractivity contribution in [2.75, 3.05) is 0 Å². The van der Waals surface area contributed by atoms with Crippen LogP contribution in [0.4, 0.5) is 4.79 Å². The molecule has 4 aliphatic carbocycles. The van der Waals surface area contributed by atoms with E-state index < -0.39 is 6.09 Å². The Morgan fingerprint density at radius 3 is 1.50 bits per heavy atom. The van der Waals surface area contributed by atoms with E-state index in [4.69, 9.17) is 0 Å². The van der Waals surface area contributed by atoms with Gasteiger partial charge in [0.1, 0.15) is 0 Å². The molecule has 3 nitrogen and oxygen atoms in total. The smallest absolute Gasteiger partial charge is 0.408 e. The van der Waals surface area contributed by atoms with E-state index in [1.165, 1.54) is 25.7 Å². The highest BCUT2D eigenvalue weighted by Crippen LogP contribution is 2.59. The van der Waals surface area contributed by atoms with Gasteiger partial charge in [0.2, 0.25) is 0 Å². The van der Waals surface area contributed by atoms with Crippen molar-refractivity contribution in [3.8, 4) is 0 Å². The predicted octanol–water partition coefficient (Wildman–Crippen LogP) is 3.63. The molecule has 4 saturated carbocycles. The lowest BCUT2D eigenvalue weighted by Gasteiger charge is -2.49. The minimum Gasteiger partial charge on any atom is -0.465 e. The predicted molar refractivity (Wildman–Crippen MR) is 68.5 cm³/mol. The first-order valence-electron chi connectivity index (χ1n) is 7.67. The van der Waals surface area contributed by atoms with E-state index in [2.05, 4.69) is 0 Å². The molecule has 4 fully saturated rings. The number of fused-ring (bicyclic) bond motifs is 4. The molecule has 0 heterocycles. The second kappa shape index (κ2) is 3.43. The highest BCUT2D eigenvalue weighted by atomic mass is 16.4. The molecule has 0 aromatic rings. The van der Waals surface area contributed by atoms with Gasteiger partial charge in [0.05, 0.1) is 0 Å². The van der Waals surface area contributed by atoms with Crippen molar-refractivity contribution in [3.05, 3.63) is 0 Å². The summed E-state index contributed by atoms with van der Waals surface area (Å²) in [4.78, 5) is 14.0. The van der Waals surface area contributed by atoms with Gasteiger partial charge in [-0.3, -0.25) is 4.90 Å². The maximum Gasteiger partial charge on any atom is 0.408 e. The van der Waals surface area contributed by atoms with Crippen molar-refractivity contribution in [1.82, 2.24) is 4.90 Å². The number of rotatable bonds is 2. The molecular weight excluding hydrogens is 226 g/mol. The van der Waals surface area contributed by atoms with Crippen LogP contribution in [0.15, 0.2) is 0 Å². The summed E-state index contributed by atoms with van der Waals surface area (Å²) in [5.41, 5.74) is 0.0749. The maximum atomic E-state index is 12.0. The highest BCUT2D eigenvalue weighted by molar-refractivity contribution is 5.68. The molecule has 1 N–H and O–H groups in total. The molecule has 0 aliphatic heterocycles. The van der Waals surface area contributed by atoms with Gasteiger partial charge in [0.15, 0.2) is 0 Å². The summed E-state index contributed by atoms with van der Waals surface area (Å²) in [5.74, 6) is 1.64. The molecule has 0 aromatic carbocycles. The number of amides is 1. The molecule has 3 heteroatoms. The topological polar surface area (TPSA) is 40.5 Å². The lowest BCUT2D eigenvalue weighted by molar-refractivity contribution is -0.000395. The Hall–Kier alpha value is -0.730. The van der Waals surface area contributed by atoms with Crippen LogP contribution >= 0.6 is 0 Å². The second-order valence-corrected chi connectivity index (χ2v) is 7.36. The number of carbonyl (C=O) groups is 1. The zero-order valence-electron chi connectivity index (χ0n) is 11.0. The molecule has 100 valence electrons. The van der Waals surface area contributed by atoms with Gasteiger partial charge in [0, 0.05) is 11.1 Å². The van der Waals surface area contributed by atoms with E-state index >= 15 is 0 Å². The van der Waals surface area contributed by atoms with E-state index in [0.717, 1.165) is 50.4 Å². The van der Waals surface area contributed by atoms with Crippen LogP contribution in [0.2, 0.25) is 0 Å². The zero-order valence-corrected chi connectivity index (χ0v) is 11.0. The Labute approximate surface area is 109 Å². The van der Waals surface area contributed by atoms with E-state index in [1.807, 2.05) is 4.90 Å². The lowest BCUT2D eigenvalue weighted by Crippen LogP contribution is -2.59. The summed E-state index contributed by atoms with van der Waals surface area (Å²) < 4.78 is 0. The summed E-state index contributed by atoms with van der Waals surface area (Å²) in [6, 6.07) is 0. The fourth-order valence-corrected chi connectivity index (χ4v) is 5.86. The first-order valence-corrected chi connectivity index (χ1v) is 7.67. The fourth-order valence-electron chi connectivity index (χ4n) is 5.86. The number of nitrogens with zero attached hydrogens (tertiary/aromatic N) is 1. The van der Waals surface area contributed by atoms with Gasteiger partial charge in [0.25, 0.3) is 0 Å². The van der Waals surface area contributed by atoms with E-state index in [9.17, 15) is 9.90 Å². The number of hydrogen-bond acceptors (Lipinski definition) is 1. The van der Waals surface area contributed by atoms with Crippen molar-refractivity contribution < 1.29 is 9.90 Å². The maximum absolute atomic E-state index is 12.0. The average molecular weight is 249 g/mol. The molecule has 0 saturated heterocycles. The molecule has 0 atom stereocenters. The normalized spacial score (nSPS) is 48.9. The van der Waals surface area contributed by atoms with Crippen molar-refractivity contribution in [3.63, 3.8) is 0 Å². The minimum atomic E-state index is -0.625. The van der Waals surface area contributed by atoms with Gasteiger partial charge >= 0.3 is 6.09 Å². The summed E-state index contributed by atoms with van der Waals surface area (Å²) in [5, 5.41) is 9.85. The Balaban J connectivity index is 1.71. The van der Waals surface area contributed by atoms with Crippen LogP contribution in [-0.4, -0.2) is 27.2 Å². The van der Waals surface area contributed by atoms with Gasteiger partial charge in [-0.1, -0.05) is 0 Å². The highest BCUT2D eigenvalue weighted by Gasteiger charge is 2.60. The second-order valence-electron chi connectivity index (χ2n) is 7.36. The third kappa shape index (κ3) is 1.28. The fraction of sp³-hybridized carbons (Fsp3) is 0.933. The standard InChI is InChI=1S/C15H23NO2/c17-13(18)16(14-5-1-11(9-14)2-6-14)15-7-3-12(10-15)4-8-15/h11-12H,1-10H2,(H,17,18). The van der Waals surface area contributed by atoms with Crippen LogP contribution in [0, 0.1) is 11.8 Å². The van der Waals surface area contributed by atoms with Crippen molar-refractivity contribution in [2.24, 2.45) is 11.8 Å². The Bertz CT molecular complexity index is 346. The molecule has 18 heavy (non-hydrogen) atoms. The molecule has 4 aliphatic rings. The van der Waals surface area contributed by atoms with E-state index in [-0.39, 0.29) is 11.1 Å². The molecular formula is C15H23NO2. The van der Waals surface area contributed by atoms with Crippen molar-refractivity contribution in [2.45, 2.75) is 75.3 Å². The van der Waals surface area contributed by atoms with Crippen LogP contribution in [0.25, 0.3) is 0 Å². The van der Waals surface area contributed by atoms with Crippen LogP contribution < -0.4 is 0 Å².